The molecule has 0 saturated heterocycles. The van der Waals surface area contributed by atoms with Gasteiger partial charge in [0, 0.05) is 5.69 Å². The Hall–Kier alpha value is -2.61. The molecule has 0 saturated carbocycles. The molecule has 0 unspecified atom stereocenters. The van der Waals surface area contributed by atoms with E-state index in [9.17, 15) is 18.0 Å². The molecule has 26 heavy (non-hydrogen) atoms. The number of nitrogens with zero attached hydrogens (tertiary/aromatic N) is 2. The van der Waals surface area contributed by atoms with Crippen molar-refractivity contribution in [2.45, 2.75) is 26.1 Å². The Morgan fingerprint density at radius 1 is 1.04 bits per heavy atom. The van der Waals surface area contributed by atoms with Gasteiger partial charge in [0.15, 0.2) is 0 Å². The number of hydrogen-bond acceptors (Lipinski definition) is 4. The van der Waals surface area contributed by atoms with Gasteiger partial charge in [0.1, 0.15) is 0 Å². The number of benzene rings is 2. The predicted octanol–water partition coefficient (Wildman–Crippen LogP) is 4.68. The highest BCUT2D eigenvalue weighted by molar-refractivity contribution is 7.10. The summed E-state index contributed by atoms with van der Waals surface area (Å²) in [6.07, 6.45) is -3.43. The van der Waals surface area contributed by atoms with Crippen LogP contribution in [0.3, 0.4) is 0 Å². The third-order valence-electron chi connectivity index (χ3n) is 3.83. The largest absolute Gasteiger partial charge is 0.416 e. The summed E-state index contributed by atoms with van der Waals surface area (Å²) >= 11 is 1.13. The highest BCUT2D eigenvalue weighted by atomic mass is 32.1. The van der Waals surface area contributed by atoms with Gasteiger partial charge in [-0.3, -0.25) is 0 Å². The number of alkyl halides is 3. The molecule has 1 heterocycles. The number of nitrogens with one attached hydrogen (secondary N) is 1. The lowest BCUT2D eigenvalue weighted by Gasteiger charge is -2.07. The molecular weight excluding hydrogens is 363 g/mol. The van der Waals surface area contributed by atoms with Gasteiger partial charge in [-0.05, 0) is 53.3 Å². The summed E-state index contributed by atoms with van der Waals surface area (Å²) in [4.78, 5) is 15.9. The van der Waals surface area contributed by atoms with Crippen molar-refractivity contribution in [3.05, 3.63) is 75.7 Å². The quantitative estimate of drug-likeness (QED) is 0.700. The zero-order chi connectivity index (χ0) is 18.7. The average Bonchev–Trinajstić information content (AvgIpc) is 2.94. The molecule has 0 fully saturated rings. The zero-order valence-electron chi connectivity index (χ0n) is 13.9. The minimum Gasteiger partial charge on any atom is -0.330 e. The van der Waals surface area contributed by atoms with Crippen molar-refractivity contribution in [3.63, 3.8) is 0 Å². The van der Waals surface area contributed by atoms with Crippen LogP contribution in [0.5, 0.6) is 0 Å². The van der Waals surface area contributed by atoms with Crippen LogP contribution in [0, 0.1) is 0 Å². The van der Waals surface area contributed by atoms with Gasteiger partial charge >= 0.3 is 11.9 Å². The molecule has 0 aliphatic heterocycles. The molecule has 3 aromatic rings. The van der Waals surface area contributed by atoms with E-state index in [4.69, 9.17) is 0 Å². The molecule has 0 radical (unpaired) electrons. The van der Waals surface area contributed by atoms with Crippen molar-refractivity contribution in [2.75, 3.05) is 5.32 Å². The molecule has 2 aromatic carbocycles. The van der Waals surface area contributed by atoms with E-state index in [2.05, 4.69) is 17.2 Å². The SMILES string of the molecule is CCc1ccc(Cn2sc(Nc3ccc(C(F)(F)F)cc3)nc2=O)cc1. The molecule has 0 bridgehead atoms. The smallest absolute Gasteiger partial charge is 0.330 e. The monoisotopic (exact) mass is 379 g/mol. The van der Waals surface area contributed by atoms with E-state index >= 15 is 0 Å². The van der Waals surface area contributed by atoms with Gasteiger partial charge in [0.25, 0.3) is 0 Å². The summed E-state index contributed by atoms with van der Waals surface area (Å²) < 4.78 is 39.2. The molecule has 0 aliphatic carbocycles. The van der Waals surface area contributed by atoms with Crippen LogP contribution in [0.1, 0.15) is 23.6 Å². The van der Waals surface area contributed by atoms with E-state index in [1.807, 2.05) is 24.3 Å². The fourth-order valence-corrected chi connectivity index (χ4v) is 3.19. The van der Waals surface area contributed by atoms with Crippen LogP contribution in [0.2, 0.25) is 0 Å². The molecule has 136 valence electrons. The average molecular weight is 379 g/mol. The fourth-order valence-electron chi connectivity index (χ4n) is 2.37. The number of aromatic nitrogens is 2. The number of hydrogen-bond donors (Lipinski definition) is 1. The van der Waals surface area contributed by atoms with Crippen molar-refractivity contribution >= 4 is 22.4 Å². The third kappa shape index (κ3) is 4.32. The highest BCUT2D eigenvalue weighted by Gasteiger charge is 2.29. The second-order valence-corrected chi connectivity index (χ2v) is 6.71. The van der Waals surface area contributed by atoms with Gasteiger partial charge in [-0.1, -0.05) is 31.2 Å². The number of halogens is 3. The van der Waals surface area contributed by atoms with Crippen molar-refractivity contribution in [1.29, 1.82) is 0 Å². The Bertz CT molecular complexity index is 928. The minimum atomic E-state index is -4.38. The molecule has 8 heteroatoms. The molecule has 0 atom stereocenters. The Morgan fingerprint density at radius 2 is 1.65 bits per heavy atom. The summed E-state index contributed by atoms with van der Waals surface area (Å²) in [5, 5.41) is 3.20. The standard InChI is InChI=1S/C18H16F3N3OS/c1-2-12-3-5-13(6-4-12)11-24-17(25)23-16(26-24)22-15-9-7-14(8-10-15)18(19,20)21/h3-10H,2,11H2,1H3,(H,22,23,25). The highest BCUT2D eigenvalue weighted by Crippen LogP contribution is 2.30. The first-order valence-corrected chi connectivity index (χ1v) is 8.73. The molecule has 0 aliphatic rings. The fraction of sp³-hybridized carbons (Fsp3) is 0.222. The van der Waals surface area contributed by atoms with Crippen molar-refractivity contribution in [3.8, 4) is 0 Å². The van der Waals surface area contributed by atoms with E-state index in [1.54, 1.807) is 0 Å². The van der Waals surface area contributed by atoms with Crippen LogP contribution in [-0.4, -0.2) is 8.94 Å². The molecule has 3 rings (SSSR count). The van der Waals surface area contributed by atoms with Crippen LogP contribution >= 0.6 is 11.5 Å². The number of aryl methyl sites for hydroxylation is 1. The van der Waals surface area contributed by atoms with E-state index in [0.717, 1.165) is 35.6 Å². The van der Waals surface area contributed by atoms with Crippen LogP contribution in [-0.2, 0) is 19.1 Å². The maximum Gasteiger partial charge on any atom is 0.416 e. The lowest BCUT2D eigenvalue weighted by molar-refractivity contribution is -0.137. The maximum atomic E-state index is 12.6. The second-order valence-electron chi connectivity index (χ2n) is 5.70. The van der Waals surface area contributed by atoms with Crippen LogP contribution in [0.15, 0.2) is 53.3 Å². The Kier molecular flexibility index (Phi) is 5.13. The van der Waals surface area contributed by atoms with Crippen molar-refractivity contribution in [1.82, 2.24) is 8.94 Å². The van der Waals surface area contributed by atoms with Crippen LogP contribution in [0.4, 0.5) is 24.0 Å². The van der Waals surface area contributed by atoms with E-state index in [-0.39, 0.29) is 0 Å². The Morgan fingerprint density at radius 3 is 2.23 bits per heavy atom. The molecule has 1 aromatic heterocycles. The summed E-state index contributed by atoms with van der Waals surface area (Å²) in [6.45, 7) is 2.47. The second kappa shape index (κ2) is 7.33. The van der Waals surface area contributed by atoms with Crippen molar-refractivity contribution < 1.29 is 13.2 Å². The van der Waals surface area contributed by atoms with Crippen molar-refractivity contribution in [2.24, 2.45) is 0 Å². The summed E-state index contributed by atoms with van der Waals surface area (Å²) in [6, 6.07) is 12.5. The summed E-state index contributed by atoms with van der Waals surface area (Å²) in [5.41, 5.74) is 1.51. The van der Waals surface area contributed by atoms with Gasteiger partial charge in [-0.15, -0.1) is 0 Å². The summed E-state index contributed by atoms with van der Waals surface area (Å²) in [7, 11) is 0. The molecule has 1 N–H and O–H groups in total. The van der Waals surface area contributed by atoms with Gasteiger partial charge in [0.05, 0.1) is 12.1 Å². The Balaban J connectivity index is 1.72. The summed E-state index contributed by atoms with van der Waals surface area (Å²) in [5.74, 6) is 0. The third-order valence-corrected chi connectivity index (χ3v) is 4.70. The molecule has 0 spiro atoms. The Labute approximate surface area is 152 Å². The number of rotatable bonds is 5. The van der Waals surface area contributed by atoms with Gasteiger partial charge in [-0.25, -0.2) is 8.75 Å². The topological polar surface area (TPSA) is 46.9 Å². The lowest BCUT2D eigenvalue weighted by Crippen LogP contribution is -2.15. The first kappa shape index (κ1) is 18.2. The molecule has 4 nitrogen and oxygen atoms in total. The van der Waals surface area contributed by atoms with E-state index in [1.165, 1.54) is 21.7 Å². The van der Waals surface area contributed by atoms with Crippen LogP contribution < -0.4 is 11.0 Å². The normalized spacial score (nSPS) is 11.5. The van der Waals surface area contributed by atoms with Gasteiger partial charge < -0.3 is 5.32 Å². The van der Waals surface area contributed by atoms with Gasteiger partial charge in [0.2, 0.25) is 5.13 Å². The van der Waals surface area contributed by atoms with E-state index < -0.39 is 17.4 Å². The predicted molar refractivity (Wildman–Crippen MR) is 96.0 cm³/mol. The first-order valence-electron chi connectivity index (χ1n) is 7.95. The van der Waals surface area contributed by atoms with Crippen LogP contribution in [0.25, 0.3) is 0 Å². The van der Waals surface area contributed by atoms with Gasteiger partial charge in [-0.2, -0.15) is 18.2 Å². The maximum absolute atomic E-state index is 12.6. The number of anilines is 2. The zero-order valence-corrected chi connectivity index (χ0v) is 14.7. The molecular formula is C18H16F3N3OS. The van der Waals surface area contributed by atoms with E-state index in [0.29, 0.717) is 17.4 Å². The minimum absolute atomic E-state index is 0.333. The molecule has 0 amide bonds. The lowest BCUT2D eigenvalue weighted by atomic mass is 10.1. The first-order chi connectivity index (χ1) is 12.3.